The summed E-state index contributed by atoms with van der Waals surface area (Å²) in [5.74, 6) is 2.13. The van der Waals surface area contributed by atoms with Crippen molar-refractivity contribution in [3.8, 4) is 0 Å². The second-order valence-corrected chi connectivity index (χ2v) is 13.5. The average Bonchev–Trinajstić information content (AvgIpc) is 3.56. The van der Waals surface area contributed by atoms with Gasteiger partial charge in [-0.2, -0.15) is 0 Å². The molecule has 9 nitrogen and oxygen atoms in total. The van der Waals surface area contributed by atoms with Gasteiger partial charge in [0.1, 0.15) is 11.6 Å². The fourth-order valence-electron chi connectivity index (χ4n) is 6.96. The number of ketones is 1. The van der Waals surface area contributed by atoms with Crippen molar-refractivity contribution in [3.05, 3.63) is 94.0 Å². The Labute approximate surface area is 282 Å². The molecule has 0 spiro atoms. The van der Waals surface area contributed by atoms with E-state index in [0.29, 0.717) is 13.1 Å². The lowest BCUT2D eigenvalue weighted by Gasteiger charge is -2.44. The molecule has 4 heterocycles. The number of Topliss-reactive ketones (excluding diaryl/α,β-unsaturated/α-hetero) is 1. The van der Waals surface area contributed by atoms with Crippen LogP contribution in [-0.2, 0) is 17.9 Å². The van der Waals surface area contributed by atoms with Crippen LogP contribution in [-0.4, -0.2) is 99.1 Å². The number of rotatable bonds is 10. The number of anilines is 2. The molecule has 2 aromatic carbocycles. The Morgan fingerprint density at radius 3 is 1.26 bits per heavy atom. The zero-order valence-corrected chi connectivity index (χ0v) is 28.8. The number of carbonyl (C=O) groups excluding carboxylic acids is 1. The largest absolute Gasteiger partial charge is 0.369 e. The van der Waals surface area contributed by atoms with Crippen molar-refractivity contribution in [2.24, 2.45) is 0 Å². The van der Waals surface area contributed by atoms with Gasteiger partial charge in [0.25, 0.3) is 0 Å². The van der Waals surface area contributed by atoms with Crippen molar-refractivity contribution in [1.82, 2.24) is 28.9 Å². The number of halogens is 2. The highest BCUT2D eigenvalue weighted by molar-refractivity contribution is 6.30. The van der Waals surface area contributed by atoms with Crippen molar-refractivity contribution in [2.45, 2.75) is 52.9 Å². The number of imidazole rings is 2. The predicted octanol–water partition coefficient (Wildman–Crippen LogP) is 5.27. The minimum absolute atomic E-state index is 0.261. The highest BCUT2D eigenvalue weighted by atomic mass is 35.5. The number of benzene rings is 2. The van der Waals surface area contributed by atoms with Crippen LogP contribution in [0.1, 0.15) is 23.0 Å². The summed E-state index contributed by atoms with van der Waals surface area (Å²) in [6.07, 6.45) is 4.14. The molecule has 0 radical (unpaired) electrons. The van der Waals surface area contributed by atoms with E-state index in [1.54, 1.807) is 0 Å². The molecule has 2 atom stereocenters. The number of aryl methyl sites for hydroxylation is 4. The van der Waals surface area contributed by atoms with Crippen LogP contribution in [0.15, 0.2) is 60.9 Å². The molecule has 46 heavy (non-hydrogen) atoms. The van der Waals surface area contributed by atoms with Crippen LogP contribution in [0, 0.1) is 27.7 Å². The minimum Gasteiger partial charge on any atom is -0.369 e. The molecule has 244 valence electrons. The normalized spacial score (nSPS) is 17.8. The third-order valence-electron chi connectivity index (χ3n) is 9.48. The lowest BCUT2D eigenvalue weighted by atomic mass is 9.99. The summed E-state index contributed by atoms with van der Waals surface area (Å²) in [4.78, 5) is 33.9. The lowest BCUT2D eigenvalue weighted by Crippen LogP contribution is -2.61. The first kappa shape index (κ1) is 32.6. The first-order chi connectivity index (χ1) is 22.1. The molecule has 4 aromatic rings. The summed E-state index contributed by atoms with van der Waals surface area (Å²) < 4.78 is 4.32. The van der Waals surface area contributed by atoms with E-state index in [1.807, 2.05) is 52.0 Å². The highest BCUT2D eigenvalue weighted by Gasteiger charge is 2.38. The van der Waals surface area contributed by atoms with Crippen molar-refractivity contribution < 1.29 is 4.79 Å². The van der Waals surface area contributed by atoms with Gasteiger partial charge in [-0.1, -0.05) is 23.2 Å². The fourth-order valence-corrected chi connectivity index (χ4v) is 7.21. The molecular formula is C35H44Cl2N8O. The Morgan fingerprint density at radius 1 is 0.609 bits per heavy atom. The zero-order chi connectivity index (χ0) is 32.4. The van der Waals surface area contributed by atoms with Crippen LogP contribution >= 0.6 is 23.2 Å². The maximum absolute atomic E-state index is 15.1. The van der Waals surface area contributed by atoms with Gasteiger partial charge in [-0.3, -0.25) is 14.6 Å². The van der Waals surface area contributed by atoms with Gasteiger partial charge in [0.05, 0.1) is 23.5 Å². The molecule has 0 saturated carbocycles. The molecule has 2 fully saturated rings. The quantitative estimate of drug-likeness (QED) is 0.229. The van der Waals surface area contributed by atoms with Gasteiger partial charge in [0.2, 0.25) is 0 Å². The van der Waals surface area contributed by atoms with Crippen molar-refractivity contribution in [3.63, 3.8) is 0 Å². The molecule has 2 aromatic heterocycles. The lowest BCUT2D eigenvalue weighted by molar-refractivity contribution is -0.131. The SMILES string of the molecule is Cc1cn(CC(C(=O)C(Cn2cc(C)nc2C)N2CCN(c3ccc(Cl)cc3)CC2)N2CCN(c3ccc(Cl)cc3)CC2)c(C)n1. The van der Waals surface area contributed by atoms with E-state index in [9.17, 15) is 0 Å². The Kier molecular flexibility index (Phi) is 10.0. The van der Waals surface area contributed by atoms with Crippen LogP contribution < -0.4 is 9.80 Å². The van der Waals surface area contributed by atoms with Crippen molar-refractivity contribution in [2.75, 3.05) is 62.2 Å². The molecule has 0 aliphatic carbocycles. The average molecular weight is 664 g/mol. The Balaban J connectivity index is 1.26. The topological polar surface area (TPSA) is 65.7 Å². The number of hydrogen-bond acceptors (Lipinski definition) is 7. The Morgan fingerprint density at radius 2 is 0.957 bits per heavy atom. The van der Waals surface area contributed by atoms with E-state index in [0.717, 1.165) is 96.8 Å². The maximum Gasteiger partial charge on any atom is 0.170 e. The van der Waals surface area contributed by atoms with E-state index in [-0.39, 0.29) is 17.9 Å². The van der Waals surface area contributed by atoms with Crippen LogP contribution in [0.3, 0.4) is 0 Å². The molecular weight excluding hydrogens is 619 g/mol. The minimum atomic E-state index is -0.288. The van der Waals surface area contributed by atoms with Crippen LogP contribution in [0.4, 0.5) is 11.4 Å². The molecule has 11 heteroatoms. The van der Waals surface area contributed by atoms with Gasteiger partial charge < -0.3 is 18.9 Å². The van der Waals surface area contributed by atoms with Crippen LogP contribution in [0.5, 0.6) is 0 Å². The molecule has 2 saturated heterocycles. The highest BCUT2D eigenvalue weighted by Crippen LogP contribution is 2.24. The summed E-state index contributed by atoms with van der Waals surface area (Å²) in [5, 5.41) is 1.48. The summed E-state index contributed by atoms with van der Waals surface area (Å²) in [7, 11) is 0. The molecule has 2 aliphatic heterocycles. The molecule has 0 amide bonds. The van der Waals surface area contributed by atoms with E-state index in [1.165, 1.54) is 0 Å². The molecule has 6 rings (SSSR count). The first-order valence-corrected chi connectivity index (χ1v) is 16.9. The second kappa shape index (κ2) is 14.2. The third-order valence-corrected chi connectivity index (χ3v) is 9.99. The van der Waals surface area contributed by atoms with E-state index in [4.69, 9.17) is 23.2 Å². The summed E-state index contributed by atoms with van der Waals surface area (Å²) in [5.41, 5.74) is 4.26. The summed E-state index contributed by atoms with van der Waals surface area (Å²) in [6, 6.07) is 15.5. The van der Waals surface area contributed by atoms with Crippen molar-refractivity contribution >= 4 is 40.4 Å². The van der Waals surface area contributed by atoms with Gasteiger partial charge in [-0.15, -0.1) is 0 Å². The van der Waals surface area contributed by atoms with E-state index >= 15 is 4.79 Å². The Hall–Kier alpha value is -3.37. The van der Waals surface area contributed by atoms with Gasteiger partial charge in [0, 0.05) is 99.3 Å². The number of carbonyl (C=O) groups is 1. The van der Waals surface area contributed by atoms with Gasteiger partial charge >= 0.3 is 0 Å². The van der Waals surface area contributed by atoms with Crippen molar-refractivity contribution in [1.29, 1.82) is 0 Å². The number of hydrogen-bond donors (Lipinski definition) is 0. The molecule has 2 aliphatic rings. The monoisotopic (exact) mass is 662 g/mol. The summed E-state index contributed by atoms with van der Waals surface area (Å²) in [6.45, 7) is 15.8. The summed E-state index contributed by atoms with van der Waals surface area (Å²) >= 11 is 12.3. The number of aromatic nitrogens is 4. The van der Waals surface area contributed by atoms with Crippen LogP contribution in [0.2, 0.25) is 10.0 Å². The number of nitrogens with zero attached hydrogens (tertiary/aromatic N) is 8. The molecule has 2 unspecified atom stereocenters. The fraction of sp³-hybridized carbons (Fsp3) is 0.457. The van der Waals surface area contributed by atoms with E-state index < -0.39 is 0 Å². The maximum atomic E-state index is 15.1. The smallest absolute Gasteiger partial charge is 0.170 e. The predicted molar refractivity (Wildman–Crippen MR) is 186 cm³/mol. The zero-order valence-electron chi connectivity index (χ0n) is 27.2. The van der Waals surface area contributed by atoms with Crippen LogP contribution in [0.25, 0.3) is 0 Å². The van der Waals surface area contributed by atoms with Gasteiger partial charge in [-0.25, -0.2) is 9.97 Å². The molecule has 0 N–H and O–H groups in total. The Bertz CT molecular complexity index is 1500. The molecule has 0 bridgehead atoms. The second-order valence-electron chi connectivity index (χ2n) is 12.6. The van der Waals surface area contributed by atoms with Gasteiger partial charge in [0.15, 0.2) is 5.78 Å². The van der Waals surface area contributed by atoms with Gasteiger partial charge in [-0.05, 0) is 76.2 Å². The standard InChI is InChI=1S/C35H44Cl2N8O/c1-25-21-44(27(3)38-25)23-33(42-17-13-40(14-18-42)31-9-5-29(36)6-10-31)35(46)34(24-45-22-26(2)39-28(45)4)43-19-15-41(16-20-43)32-11-7-30(37)8-12-32/h5-12,21-22,33-34H,13-20,23-24H2,1-4H3. The third kappa shape index (κ3) is 7.44. The number of piperazine rings is 2. The first-order valence-electron chi connectivity index (χ1n) is 16.2. The van der Waals surface area contributed by atoms with E-state index in [2.05, 4.69) is 75.4 Å².